The van der Waals surface area contributed by atoms with Gasteiger partial charge in [0, 0.05) is 24.7 Å². The van der Waals surface area contributed by atoms with Crippen LogP contribution in [0, 0.1) is 5.41 Å². The fourth-order valence-electron chi connectivity index (χ4n) is 3.69. The van der Waals surface area contributed by atoms with Crippen LogP contribution in [-0.2, 0) is 4.74 Å². The molecule has 7 nitrogen and oxygen atoms in total. The molecule has 2 N–H and O–H groups in total. The highest BCUT2D eigenvalue weighted by Crippen LogP contribution is 2.48. The number of carbonyl (C=O) groups is 1. The molecule has 2 aromatic rings. The van der Waals surface area contributed by atoms with Crippen LogP contribution >= 0.6 is 0 Å². The van der Waals surface area contributed by atoms with Gasteiger partial charge in [-0.2, -0.15) is 9.90 Å². The molecule has 1 saturated carbocycles. The van der Waals surface area contributed by atoms with Gasteiger partial charge in [-0.05, 0) is 31.4 Å². The Hall–Kier alpha value is -2.25. The maximum absolute atomic E-state index is 12.5. The number of aliphatic hydroxyl groups excluding tert-OH is 1. The molecule has 0 bridgehead atoms. The third kappa shape index (κ3) is 2.50. The summed E-state index contributed by atoms with van der Waals surface area (Å²) in [7, 11) is 0. The lowest BCUT2D eigenvalue weighted by molar-refractivity contribution is -0.145. The van der Waals surface area contributed by atoms with E-state index in [1.165, 1.54) is 11.0 Å². The molecule has 1 aromatic carbocycles. The van der Waals surface area contributed by atoms with Gasteiger partial charge < -0.3 is 15.2 Å². The van der Waals surface area contributed by atoms with Crippen molar-refractivity contribution in [1.82, 2.24) is 20.3 Å². The third-order valence-corrected chi connectivity index (χ3v) is 5.26. The smallest absolute Gasteiger partial charge is 0.273 e. The second-order valence-electron chi connectivity index (χ2n) is 6.48. The summed E-state index contributed by atoms with van der Waals surface area (Å²) in [6.45, 7) is 1.27. The van der Waals surface area contributed by atoms with E-state index in [4.69, 9.17) is 4.74 Å². The molecule has 2 atom stereocenters. The third-order valence-electron chi connectivity index (χ3n) is 5.26. The van der Waals surface area contributed by atoms with E-state index in [9.17, 15) is 9.90 Å². The van der Waals surface area contributed by atoms with Crippen molar-refractivity contribution < 1.29 is 14.6 Å². The predicted molar refractivity (Wildman–Crippen MR) is 85.7 cm³/mol. The van der Waals surface area contributed by atoms with E-state index in [1.54, 1.807) is 0 Å². The number of hydrogen-bond donors (Lipinski definition) is 2. The first-order valence-electron chi connectivity index (χ1n) is 8.23. The van der Waals surface area contributed by atoms with Crippen LogP contribution in [0.15, 0.2) is 36.5 Å². The van der Waals surface area contributed by atoms with E-state index >= 15 is 0 Å². The van der Waals surface area contributed by atoms with Crippen molar-refractivity contribution in [2.75, 3.05) is 13.2 Å². The van der Waals surface area contributed by atoms with E-state index in [0.717, 1.165) is 18.5 Å². The number of nitrogens with one attached hydrogen (secondary N) is 1. The Balaban J connectivity index is 1.46. The van der Waals surface area contributed by atoms with Crippen LogP contribution in [0.25, 0.3) is 5.69 Å². The molecule has 1 aliphatic carbocycles. The Morgan fingerprint density at radius 2 is 2.04 bits per heavy atom. The summed E-state index contributed by atoms with van der Waals surface area (Å²) in [6, 6.07) is 9.41. The first-order chi connectivity index (χ1) is 11.7. The van der Waals surface area contributed by atoms with Gasteiger partial charge in [0.1, 0.15) is 0 Å². The molecule has 2 aliphatic rings. The Kier molecular flexibility index (Phi) is 3.82. The van der Waals surface area contributed by atoms with Gasteiger partial charge in [-0.15, -0.1) is 5.10 Å². The number of aromatic nitrogens is 3. The van der Waals surface area contributed by atoms with Crippen molar-refractivity contribution in [3.05, 3.63) is 42.2 Å². The molecule has 0 radical (unpaired) electrons. The second kappa shape index (κ2) is 5.99. The Bertz CT molecular complexity index is 724. The summed E-state index contributed by atoms with van der Waals surface area (Å²) in [6.07, 6.45) is 3.23. The molecule has 24 heavy (non-hydrogen) atoms. The highest BCUT2D eigenvalue weighted by Gasteiger charge is 2.55. The van der Waals surface area contributed by atoms with Gasteiger partial charge in [0.05, 0.1) is 18.0 Å². The number of aliphatic hydroxyl groups is 1. The lowest BCUT2D eigenvalue weighted by atomic mass is 9.58. The fraction of sp³-hybridized carbons (Fsp3) is 0.471. The van der Waals surface area contributed by atoms with E-state index in [0.29, 0.717) is 19.6 Å². The predicted octanol–water partition coefficient (Wildman–Crippen LogP) is 0.927. The van der Waals surface area contributed by atoms with Crippen molar-refractivity contribution >= 4 is 5.91 Å². The number of benzene rings is 1. The van der Waals surface area contributed by atoms with Gasteiger partial charge in [0.25, 0.3) is 5.91 Å². The van der Waals surface area contributed by atoms with Crippen molar-refractivity contribution in [2.45, 2.75) is 31.4 Å². The standard InChI is InChI=1S/C17H20N4O3/c22-15-10-14(17(15)6-8-24-9-7-17)19-16(23)13-11-18-21(20-13)12-4-2-1-3-5-12/h1-5,11,14-15,22H,6-10H2,(H,19,23)/t14-,15-/m1/s1. The largest absolute Gasteiger partial charge is 0.392 e. The monoisotopic (exact) mass is 328 g/mol. The molecule has 1 spiro atoms. The number of ether oxygens (including phenoxy) is 1. The molecular formula is C17H20N4O3. The molecule has 1 aliphatic heterocycles. The average Bonchev–Trinajstić information content (AvgIpc) is 3.13. The summed E-state index contributed by atoms with van der Waals surface area (Å²) >= 11 is 0. The van der Waals surface area contributed by atoms with E-state index in [-0.39, 0.29) is 29.2 Å². The van der Waals surface area contributed by atoms with Crippen LogP contribution in [0.2, 0.25) is 0 Å². The number of para-hydroxylation sites is 1. The summed E-state index contributed by atoms with van der Waals surface area (Å²) < 4.78 is 5.39. The lowest BCUT2D eigenvalue weighted by Crippen LogP contribution is -2.65. The highest BCUT2D eigenvalue weighted by molar-refractivity contribution is 5.92. The van der Waals surface area contributed by atoms with Crippen LogP contribution < -0.4 is 5.32 Å². The SMILES string of the molecule is O=C(N[C@@H]1C[C@@H](O)C12CCOCC2)c1cnn(-c2ccccc2)n1. The summed E-state index contributed by atoms with van der Waals surface area (Å²) in [5.41, 5.74) is 0.836. The maximum Gasteiger partial charge on any atom is 0.273 e. The van der Waals surface area contributed by atoms with E-state index in [1.807, 2.05) is 30.3 Å². The van der Waals surface area contributed by atoms with Crippen LogP contribution in [0.1, 0.15) is 29.8 Å². The Labute approximate surface area is 139 Å². The summed E-state index contributed by atoms with van der Waals surface area (Å²) in [5, 5.41) is 21.6. The molecule has 126 valence electrons. The van der Waals surface area contributed by atoms with Crippen molar-refractivity contribution in [2.24, 2.45) is 5.41 Å². The maximum atomic E-state index is 12.5. The van der Waals surface area contributed by atoms with Gasteiger partial charge in [-0.1, -0.05) is 18.2 Å². The molecule has 1 saturated heterocycles. The van der Waals surface area contributed by atoms with Gasteiger partial charge >= 0.3 is 0 Å². The zero-order valence-electron chi connectivity index (χ0n) is 13.3. The van der Waals surface area contributed by atoms with Crippen LogP contribution in [0.5, 0.6) is 0 Å². The van der Waals surface area contributed by atoms with Crippen molar-refractivity contribution in [3.63, 3.8) is 0 Å². The lowest BCUT2D eigenvalue weighted by Gasteiger charge is -2.55. The van der Waals surface area contributed by atoms with Crippen LogP contribution in [-0.4, -0.2) is 51.4 Å². The normalized spacial score (nSPS) is 25.2. The number of carbonyl (C=O) groups excluding carboxylic acids is 1. The quantitative estimate of drug-likeness (QED) is 0.875. The highest BCUT2D eigenvalue weighted by atomic mass is 16.5. The topological polar surface area (TPSA) is 89.3 Å². The summed E-state index contributed by atoms with van der Waals surface area (Å²) in [4.78, 5) is 13.9. The zero-order chi connectivity index (χ0) is 16.6. The number of rotatable bonds is 3. The molecule has 7 heteroatoms. The molecule has 1 aromatic heterocycles. The van der Waals surface area contributed by atoms with Gasteiger partial charge in [0.2, 0.25) is 0 Å². The molecule has 2 heterocycles. The minimum absolute atomic E-state index is 0.0363. The molecule has 4 rings (SSSR count). The molecule has 2 fully saturated rings. The van der Waals surface area contributed by atoms with Crippen LogP contribution in [0.3, 0.4) is 0 Å². The van der Waals surface area contributed by atoms with Crippen LogP contribution in [0.4, 0.5) is 0 Å². The Morgan fingerprint density at radius 1 is 1.29 bits per heavy atom. The van der Waals surface area contributed by atoms with Gasteiger partial charge in [-0.3, -0.25) is 4.79 Å². The average molecular weight is 328 g/mol. The number of nitrogens with zero attached hydrogens (tertiary/aromatic N) is 3. The van der Waals surface area contributed by atoms with Crippen molar-refractivity contribution in [1.29, 1.82) is 0 Å². The minimum Gasteiger partial charge on any atom is -0.392 e. The second-order valence-corrected chi connectivity index (χ2v) is 6.48. The molecular weight excluding hydrogens is 308 g/mol. The number of hydrogen-bond acceptors (Lipinski definition) is 5. The van der Waals surface area contributed by atoms with Gasteiger partial charge in [0.15, 0.2) is 5.69 Å². The fourth-order valence-corrected chi connectivity index (χ4v) is 3.69. The zero-order valence-corrected chi connectivity index (χ0v) is 13.3. The molecule has 0 unspecified atom stereocenters. The minimum atomic E-state index is -0.369. The van der Waals surface area contributed by atoms with Gasteiger partial charge in [-0.25, -0.2) is 0 Å². The molecule has 1 amide bonds. The van der Waals surface area contributed by atoms with E-state index < -0.39 is 0 Å². The van der Waals surface area contributed by atoms with E-state index in [2.05, 4.69) is 15.5 Å². The first-order valence-corrected chi connectivity index (χ1v) is 8.23. The Morgan fingerprint density at radius 3 is 2.75 bits per heavy atom. The van der Waals surface area contributed by atoms with Crippen molar-refractivity contribution in [3.8, 4) is 5.69 Å². The number of amides is 1. The first kappa shape index (κ1) is 15.3. The summed E-state index contributed by atoms with van der Waals surface area (Å²) in [5.74, 6) is -0.250.